The van der Waals surface area contributed by atoms with Gasteiger partial charge in [-0.05, 0) is 54.7 Å². The number of urea groups is 1. The van der Waals surface area contributed by atoms with Gasteiger partial charge in [0.2, 0.25) is 0 Å². The van der Waals surface area contributed by atoms with Gasteiger partial charge in [0.05, 0.1) is 0 Å². The second kappa shape index (κ2) is 7.03. The van der Waals surface area contributed by atoms with Crippen molar-refractivity contribution in [3.8, 4) is 0 Å². The minimum Gasteiger partial charge on any atom is -0.335 e. The first-order valence-corrected chi connectivity index (χ1v) is 9.94. The molecule has 0 spiro atoms. The highest BCUT2D eigenvalue weighted by atomic mass is 32.2. The van der Waals surface area contributed by atoms with Gasteiger partial charge >= 0.3 is 6.03 Å². The number of sulfone groups is 1. The largest absolute Gasteiger partial charge is 0.335 e. The van der Waals surface area contributed by atoms with Crippen molar-refractivity contribution in [1.29, 1.82) is 0 Å². The number of carbonyl (C=O) groups excluding carboxylic acids is 1. The zero-order valence-corrected chi connectivity index (χ0v) is 14.8. The van der Waals surface area contributed by atoms with E-state index in [2.05, 4.69) is 10.6 Å². The Hall–Kier alpha value is -2.48. The van der Waals surface area contributed by atoms with Gasteiger partial charge in [0.1, 0.15) is 16.5 Å². The average Bonchev–Trinajstić information content (AvgIpc) is 2.52. The Morgan fingerprint density at radius 1 is 1.08 bits per heavy atom. The van der Waals surface area contributed by atoms with Crippen LogP contribution in [0.2, 0.25) is 0 Å². The summed E-state index contributed by atoms with van der Waals surface area (Å²) >= 11 is 0. The van der Waals surface area contributed by atoms with Gasteiger partial charge in [-0.3, -0.25) is 0 Å². The van der Waals surface area contributed by atoms with Crippen LogP contribution in [-0.2, 0) is 9.84 Å². The van der Waals surface area contributed by atoms with E-state index in [-0.39, 0.29) is 23.5 Å². The summed E-state index contributed by atoms with van der Waals surface area (Å²) in [5.74, 6) is -0.877. The number of benzene rings is 2. The summed E-state index contributed by atoms with van der Waals surface area (Å²) in [6.07, 6.45) is 2.37. The molecule has 2 aromatic carbocycles. The summed E-state index contributed by atoms with van der Waals surface area (Å²) in [6.45, 7) is 0. The molecule has 0 radical (unpaired) electrons. The minimum atomic E-state index is -3.72. The van der Waals surface area contributed by atoms with Crippen molar-refractivity contribution in [2.24, 2.45) is 0 Å². The molecule has 2 aromatic rings. The number of hydrogen-bond acceptors (Lipinski definition) is 3. The minimum absolute atomic E-state index is 0.0279. The maximum atomic E-state index is 13.6. The van der Waals surface area contributed by atoms with E-state index in [1.165, 1.54) is 18.2 Å². The lowest BCUT2D eigenvalue weighted by molar-refractivity contribution is 0.233. The van der Waals surface area contributed by atoms with Crippen LogP contribution < -0.4 is 10.6 Å². The van der Waals surface area contributed by atoms with E-state index < -0.39 is 26.6 Å². The highest BCUT2D eigenvalue weighted by Gasteiger charge is 2.31. The molecule has 26 heavy (non-hydrogen) atoms. The van der Waals surface area contributed by atoms with Gasteiger partial charge in [-0.15, -0.1) is 0 Å². The molecule has 0 aromatic heterocycles. The molecule has 0 saturated heterocycles. The molecule has 0 bridgehead atoms. The van der Waals surface area contributed by atoms with Crippen LogP contribution in [0.25, 0.3) is 0 Å². The second-order valence-electron chi connectivity index (χ2n) is 6.43. The number of carbonyl (C=O) groups is 1. The summed E-state index contributed by atoms with van der Waals surface area (Å²) < 4.78 is 49.6. The van der Waals surface area contributed by atoms with Gasteiger partial charge < -0.3 is 10.6 Å². The molecule has 5 nitrogen and oxygen atoms in total. The first kappa shape index (κ1) is 18.3. The molecular weight excluding hydrogens is 362 g/mol. The van der Waals surface area contributed by atoms with E-state index >= 15 is 0 Å². The molecule has 1 aliphatic rings. The Morgan fingerprint density at radius 2 is 1.73 bits per heavy atom. The molecule has 3 rings (SSSR count). The van der Waals surface area contributed by atoms with Gasteiger partial charge in [0, 0.05) is 18.0 Å². The Bertz CT molecular complexity index is 924. The topological polar surface area (TPSA) is 75.3 Å². The van der Waals surface area contributed by atoms with Gasteiger partial charge in [0.15, 0.2) is 9.84 Å². The normalized spacial score (nSPS) is 19.5. The SMILES string of the molecule is CS(=O)(=O)c1cc(NC(=O)NC2CC(c3ccc(F)cc3)C2)ccc1F. The summed E-state index contributed by atoms with van der Waals surface area (Å²) in [7, 11) is -3.72. The van der Waals surface area contributed by atoms with Crippen LogP contribution in [0.5, 0.6) is 0 Å². The zero-order valence-electron chi connectivity index (χ0n) is 14.0. The summed E-state index contributed by atoms with van der Waals surface area (Å²) in [5, 5.41) is 5.29. The lowest BCUT2D eigenvalue weighted by atomic mass is 9.76. The first-order valence-electron chi connectivity index (χ1n) is 8.05. The van der Waals surface area contributed by atoms with E-state index in [0.717, 1.165) is 36.8 Å². The van der Waals surface area contributed by atoms with Gasteiger partial charge in [0.25, 0.3) is 0 Å². The van der Waals surface area contributed by atoms with Crippen LogP contribution >= 0.6 is 0 Å². The van der Waals surface area contributed by atoms with Crippen LogP contribution in [0.3, 0.4) is 0 Å². The Balaban J connectivity index is 1.55. The fraction of sp³-hybridized carbons (Fsp3) is 0.278. The van der Waals surface area contributed by atoms with E-state index in [0.29, 0.717) is 0 Å². The molecule has 2 amide bonds. The second-order valence-corrected chi connectivity index (χ2v) is 8.42. The number of halogens is 2. The smallest absolute Gasteiger partial charge is 0.319 e. The number of rotatable bonds is 4. The molecule has 1 aliphatic carbocycles. The quantitative estimate of drug-likeness (QED) is 0.853. The lowest BCUT2D eigenvalue weighted by Gasteiger charge is -2.36. The monoisotopic (exact) mass is 380 g/mol. The molecule has 0 atom stereocenters. The Labute approximate surface area is 150 Å². The highest BCUT2D eigenvalue weighted by Crippen LogP contribution is 2.36. The molecule has 138 valence electrons. The van der Waals surface area contributed by atoms with Crippen molar-refractivity contribution in [3.63, 3.8) is 0 Å². The zero-order chi connectivity index (χ0) is 18.9. The van der Waals surface area contributed by atoms with Crippen LogP contribution in [0, 0.1) is 11.6 Å². The summed E-state index contributed by atoms with van der Waals surface area (Å²) in [6, 6.07) is 9.17. The van der Waals surface area contributed by atoms with E-state index in [1.807, 2.05) is 0 Å². The maximum Gasteiger partial charge on any atom is 0.319 e. The van der Waals surface area contributed by atoms with Crippen molar-refractivity contribution in [1.82, 2.24) is 5.32 Å². The fourth-order valence-electron chi connectivity index (χ4n) is 2.96. The maximum absolute atomic E-state index is 13.6. The van der Waals surface area contributed by atoms with Crippen molar-refractivity contribution in [2.45, 2.75) is 29.7 Å². The van der Waals surface area contributed by atoms with Crippen LogP contribution in [0.15, 0.2) is 47.4 Å². The van der Waals surface area contributed by atoms with Gasteiger partial charge in [-0.25, -0.2) is 22.0 Å². The third-order valence-corrected chi connectivity index (χ3v) is 5.52. The number of amides is 2. The van der Waals surface area contributed by atoms with Crippen molar-refractivity contribution in [3.05, 3.63) is 59.7 Å². The predicted molar refractivity (Wildman–Crippen MR) is 93.8 cm³/mol. The average molecular weight is 380 g/mol. The Morgan fingerprint density at radius 3 is 2.35 bits per heavy atom. The van der Waals surface area contributed by atoms with Crippen molar-refractivity contribution < 1.29 is 22.0 Å². The third-order valence-electron chi connectivity index (χ3n) is 4.40. The molecular formula is C18H18F2N2O3S. The van der Waals surface area contributed by atoms with E-state index in [1.54, 1.807) is 12.1 Å². The molecule has 0 heterocycles. The van der Waals surface area contributed by atoms with Crippen LogP contribution in [-0.4, -0.2) is 26.7 Å². The molecule has 1 fully saturated rings. The predicted octanol–water partition coefficient (Wildman–Crippen LogP) is 3.44. The van der Waals surface area contributed by atoms with E-state index in [9.17, 15) is 22.0 Å². The van der Waals surface area contributed by atoms with Gasteiger partial charge in [-0.1, -0.05) is 12.1 Å². The Kier molecular flexibility index (Phi) is 4.95. The van der Waals surface area contributed by atoms with Crippen LogP contribution in [0.1, 0.15) is 24.3 Å². The number of hydrogen-bond donors (Lipinski definition) is 2. The van der Waals surface area contributed by atoms with Crippen molar-refractivity contribution >= 4 is 21.6 Å². The standard InChI is InChI=1S/C18H18F2N2O3S/c1-26(24,25)17-10-14(6-7-16(17)20)21-18(23)22-15-8-12(9-15)11-2-4-13(19)5-3-11/h2-7,10,12,15H,8-9H2,1H3,(H2,21,22,23). The fourth-order valence-corrected chi connectivity index (χ4v) is 3.72. The highest BCUT2D eigenvalue weighted by molar-refractivity contribution is 7.90. The van der Waals surface area contributed by atoms with Crippen molar-refractivity contribution in [2.75, 3.05) is 11.6 Å². The molecule has 8 heteroatoms. The third kappa shape index (κ3) is 4.19. The number of anilines is 1. The lowest BCUT2D eigenvalue weighted by Crippen LogP contribution is -2.45. The van der Waals surface area contributed by atoms with E-state index in [4.69, 9.17) is 0 Å². The molecule has 0 aliphatic heterocycles. The summed E-state index contributed by atoms with van der Waals surface area (Å²) in [4.78, 5) is 11.6. The molecule has 2 N–H and O–H groups in total. The summed E-state index contributed by atoms with van der Waals surface area (Å²) in [5.41, 5.74) is 1.22. The van der Waals surface area contributed by atoms with Crippen LogP contribution in [0.4, 0.5) is 19.3 Å². The molecule has 1 saturated carbocycles. The first-order chi connectivity index (χ1) is 12.2. The van der Waals surface area contributed by atoms with Gasteiger partial charge in [-0.2, -0.15) is 0 Å². The molecule has 0 unspecified atom stereocenters. The number of nitrogens with one attached hydrogen (secondary N) is 2.